The fourth-order valence-corrected chi connectivity index (χ4v) is 2.92. The van der Waals surface area contributed by atoms with Gasteiger partial charge in [0.1, 0.15) is 5.69 Å². The number of hydrogen-bond donors (Lipinski definition) is 1. The van der Waals surface area contributed by atoms with Gasteiger partial charge in [0, 0.05) is 0 Å². The number of imidazole rings is 1. The number of aromatic amines is 1. The van der Waals surface area contributed by atoms with Crippen molar-refractivity contribution in [1.29, 1.82) is 0 Å². The first-order valence-electron chi connectivity index (χ1n) is 7.65. The minimum Gasteiger partial charge on any atom is -0.474 e. The molecule has 2 aromatic rings. The number of fused-ring (bicyclic) bond motifs is 1. The molecular weight excluding hydrogens is 292 g/mol. The number of nitrogens with one attached hydrogen (secondary N) is 1. The maximum absolute atomic E-state index is 12.4. The molecule has 1 N–H and O–H groups in total. The third-order valence-corrected chi connectivity index (χ3v) is 4.13. The summed E-state index contributed by atoms with van der Waals surface area (Å²) < 4.78 is 7.24. The minimum absolute atomic E-state index is 0.314. The molecule has 0 saturated heterocycles. The predicted molar refractivity (Wildman–Crippen MR) is 87.5 cm³/mol. The topological polar surface area (TPSA) is 72.8 Å². The monoisotopic (exact) mass is 310 g/mol. The van der Waals surface area contributed by atoms with E-state index in [1.54, 1.807) is 6.26 Å². The number of terminal acetylenes is 1. The zero-order valence-corrected chi connectivity index (χ0v) is 13.1. The van der Waals surface area contributed by atoms with E-state index in [1.807, 2.05) is 12.2 Å². The highest BCUT2D eigenvalue weighted by atomic mass is 16.5. The average Bonchev–Trinajstić information content (AvgIpc) is 2.91. The van der Waals surface area contributed by atoms with Crippen molar-refractivity contribution in [2.45, 2.75) is 32.9 Å². The first kappa shape index (κ1) is 15.1. The normalized spacial score (nSPS) is 17.1. The fraction of sp³-hybridized carbons (Fsp3) is 0.353. The number of allylic oxidation sites excluding steroid dienone is 2. The lowest BCUT2D eigenvalue weighted by atomic mass is 9.91. The Hall–Kier alpha value is -2.81. The summed E-state index contributed by atoms with van der Waals surface area (Å²) in [5.74, 6) is 2.77. The quantitative estimate of drug-likeness (QED) is 0.881. The summed E-state index contributed by atoms with van der Waals surface area (Å²) in [6.45, 7) is 4.25. The van der Waals surface area contributed by atoms with Crippen LogP contribution in [0.15, 0.2) is 35.0 Å². The van der Waals surface area contributed by atoms with Crippen LogP contribution < -0.4 is 5.69 Å². The zero-order valence-electron chi connectivity index (χ0n) is 13.1. The molecule has 3 heterocycles. The molecule has 3 rings (SSSR count). The van der Waals surface area contributed by atoms with Gasteiger partial charge in [-0.2, -0.15) is 0 Å². The summed E-state index contributed by atoms with van der Waals surface area (Å²) >= 11 is 0. The van der Waals surface area contributed by atoms with Gasteiger partial charge >= 0.3 is 5.69 Å². The molecule has 1 aliphatic heterocycles. The number of nitrogens with zero attached hydrogens (tertiary/aromatic N) is 3. The van der Waals surface area contributed by atoms with Gasteiger partial charge in [-0.1, -0.05) is 19.9 Å². The minimum atomic E-state index is -0.534. The Morgan fingerprint density at radius 2 is 2.26 bits per heavy atom. The first-order chi connectivity index (χ1) is 11.2. The second-order valence-electron chi connectivity index (χ2n) is 5.37. The van der Waals surface area contributed by atoms with E-state index in [4.69, 9.17) is 11.2 Å². The van der Waals surface area contributed by atoms with Gasteiger partial charge in [-0.25, -0.2) is 19.3 Å². The molecule has 2 aromatic heterocycles. The first-order valence-corrected chi connectivity index (χ1v) is 7.65. The van der Waals surface area contributed by atoms with Crippen molar-refractivity contribution in [2.24, 2.45) is 5.92 Å². The summed E-state index contributed by atoms with van der Waals surface area (Å²) in [7, 11) is 0. The Morgan fingerprint density at radius 3 is 2.96 bits per heavy atom. The van der Waals surface area contributed by atoms with Crippen molar-refractivity contribution < 1.29 is 4.74 Å². The summed E-state index contributed by atoms with van der Waals surface area (Å²) in [6.07, 6.45) is 13.7. The van der Waals surface area contributed by atoms with E-state index >= 15 is 0 Å². The third-order valence-electron chi connectivity index (χ3n) is 4.13. The van der Waals surface area contributed by atoms with Crippen LogP contribution in [0.5, 0.6) is 0 Å². The number of aromatic nitrogens is 4. The predicted octanol–water partition coefficient (Wildman–Crippen LogP) is 2.51. The van der Waals surface area contributed by atoms with Gasteiger partial charge in [-0.3, -0.25) is 4.98 Å². The second-order valence-corrected chi connectivity index (χ2v) is 5.37. The Balaban J connectivity index is 2.17. The number of hydrogen-bond acceptors (Lipinski definition) is 4. The van der Waals surface area contributed by atoms with E-state index in [9.17, 15) is 4.79 Å². The van der Waals surface area contributed by atoms with Crippen LogP contribution in [0, 0.1) is 18.3 Å². The van der Waals surface area contributed by atoms with Gasteiger partial charge in [-0.05, 0) is 36.3 Å². The molecule has 0 saturated carbocycles. The fourth-order valence-electron chi connectivity index (χ4n) is 2.92. The maximum atomic E-state index is 12.4. The van der Waals surface area contributed by atoms with E-state index in [-0.39, 0.29) is 5.69 Å². The Morgan fingerprint density at radius 1 is 1.48 bits per heavy atom. The lowest BCUT2D eigenvalue weighted by Gasteiger charge is -2.28. The second kappa shape index (κ2) is 6.13. The van der Waals surface area contributed by atoms with Crippen molar-refractivity contribution in [3.8, 4) is 12.3 Å². The molecule has 23 heavy (non-hydrogen) atoms. The molecule has 1 aliphatic rings. The van der Waals surface area contributed by atoms with Crippen LogP contribution in [0.25, 0.3) is 11.3 Å². The van der Waals surface area contributed by atoms with Crippen LogP contribution in [0.3, 0.4) is 0 Å². The van der Waals surface area contributed by atoms with E-state index in [0.29, 0.717) is 22.9 Å². The van der Waals surface area contributed by atoms with Gasteiger partial charge in [0.25, 0.3) is 0 Å². The molecule has 1 atom stereocenters. The van der Waals surface area contributed by atoms with E-state index < -0.39 is 6.23 Å². The average molecular weight is 310 g/mol. The lowest BCUT2D eigenvalue weighted by molar-refractivity contribution is 0.0983. The van der Waals surface area contributed by atoms with Gasteiger partial charge in [0.05, 0.1) is 12.5 Å². The van der Waals surface area contributed by atoms with Crippen LogP contribution >= 0.6 is 0 Å². The van der Waals surface area contributed by atoms with Crippen LogP contribution in [0.1, 0.15) is 38.6 Å². The number of H-pyrrole nitrogens is 1. The summed E-state index contributed by atoms with van der Waals surface area (Å²) in [5, 5.41) is 0. The largest absolute Gasteiger partial charge is 0.474 e. The number of rotatable bonds is 4. The smallest absolute Gasteiger partial charge is 0.332 e. The maximum Gasteiger partial charge on any atom is 0.332 e. The van der Waals surface area contributed by atoms with Crippen LogP contribution in [-0.2, 0) is 4.74 Å². The van der Waals surface area contributed by atoms with Crippen molar-refractivity contribution in [3.05, 3.63) is 46.4 Å². The molecule has 0 amide bonds. The van der Waals surface area contributed by atoms with Crippen molar-refractivity contribution in [3.63, 3.8) is 0 Å². The molecule has 0 fully saturated rings. The SMILES string of the molecule is C#Cc1cnc2[nH]c(=O)n(C3OC=CC=C3C(CC)CC)c2n1. The third kappa shape index (κ3) is 2.55. The van der Waals surface area contributed by atoms with Gasteiger partial charge in [0.15, 0.2) is 11.3 Å². The number of ether oxygens (including phenoxy) is 1. The van der Waals surface area contributed by atoms with E-state index in [1.165, 1.54) is 10.8 Å². The molecule has 0 spiro atoms. The lowest BCUT2D eigenvalue weighted by Crippen LogP contribution is -2.28. The van der Waals surface area contributed by atoms with Gasteiger partial charge in [-0.15, -0.1) is 6.42 Å². The van der Waals surface area contributed by atoms with Crippen LogP contribution in [0.2, 0.25) is 0 Å². The molecule has 0 aliphatic carbocycles. The molecule has 0 bridgehead atoms. The Bertz CT molecular complexity index is 878. The molecule has 0 radical (unpaired) electrons. The molecule has 118 valence electrons. The van der Waals surface area contributed by atoms with Gasteiger partial charge in [0.2, 0.25) is 6.23 Å². The van der Waals surface area contributed by atoms with Crippen molar-refractivity contribution in [1.82, 2.24) is 19.5 Å². The highest BCUT2D eigenvalue weighted by Gasteiger charge is 2.28. The molecule has 0 aromatic carbocycles. The van der Waals surface area contributed by atoms with Crippen LogP contribution in [-0.4, -0.2) is 19.5 Å². The summed E-state index contributed by atoms with van der Waals surface area (Å²) in [4.78, 5) is 23.6. The van der Waals surface area contributed by atoms with Gasteiger partial charge < -0.3 is 4.74 Å². The Kier molecular flexibility index (Phi) is 4.02. The zero-order chi connectivity index (χ0) is 16.4. The standard InChI is InChI=1S/C17H18N4O2/c1-4-11(5-2)13-8-7-9-23-16(13)21-15-14(20-17(21)22)18-10-12(6-3)19-15/h3,7-11,16H,4-5H2,1-2H3,(H,18,20,22). The summed E-state index contributed by atoms with van der Waals surface area (Å²) in [6, 6.07) is 0. The molecule has 6 nitrogen and oxygen atoms in total. The molecule has 1 unspecified atom stereocenters. The highest BCUT2D eigenvalue weighted by Crippen LogP contribution is 2.33. The molecule has 6 heteroatoms. The van der Waals surface area contributed by atoms with E-state index in [0.717, 1.165) is 18.4 Å². The van der Waals surface area contributed by atoms with Crippen LogP contribution in [0.4, 0.5) is 0 Å². The van der Waals surface area contributed by atoms with Crippen molar-refractivity contribution in [2.75, 3.05) is 0 Å². The molecular formula is C17H18N4O2. The summed E-state index contributed by atoms with van der Waals surface area (Å²) in [5.41, 5.74) is 1.92. The van der Waals surface area contributed by atoms with E-state index in [2.05, 4.69) is 34.7 Å². The highest BCUT2D eigenvalue weighted by molar-refractivity contribution is 5.66. The van der Waals surface area contributed by atoms with Crippen molar-refractivity contribution >= 4 is 11.3 Å². The Labute approximate surface area is 133 Å².